The number of nitrogen functional groups attached to an aromatic ring is 1. The van der Waals surface area contributed by atoms with Gasteiger partial charge in [0, 0.05) is 35.3 Å². The fourth-order valence-corrected chi connectivity index (χ4v) is 2.85. The standard InChI is InChI=1S/C15H16N2O3/c16-10-7-9-3-1-4-12-14(9)11(8-10)15(20)17(12)6-2-5-13(18)19/h1,3-4,7-8,15,20H,2,5-6,16H2,(H,18,19). The molecular formula is C15H16N2O3. The number of aliphatic carboxylic acids is 1. The van der Waals surface area contributed by atoms with Crippen LogP contribution < -0.4 is 10.6 Å². The van der Waals surface area contributed by atoms with Crippen molar-refractivity contribution in [3.05, 3.63) is 35.9 Å². The first kappa shape index (κ1) is 12.7. The van der Waals surface area contributed by atoms with Gasteiger partial charge in [0.1, 0.15) is 0 Å². The molecule has 0 amide bonds. The van der Waals surface area contributed by atoms with Gasteiger partial charge in [0.05, 0.1) is 0 Å². The van der Waals surface area contributed by atoms with E-state index in [4.69, 9.17) is 10.8 Å². The Morgan fingerprint density at radius 1 is 1.35 bits per heavy atom. The molecule has 0 fully saturated rings. The lowest BCUT2D eigenvalue weighted by atomic mass is 10.0. The van der Waals surface area contributed by atoms with E-state index in [1.807, 2.05) is 29.2 Å². The molecule has 4 N–H and O–H groups in total. The van der Waals surface area contributed by atoms with Crippen molar-refractivity contribution in [2.75, 3.05) is 17.2 Å². The van der Waals surface area contributed by atoms with Gasteiger partial charge in [-0.15, -0.1) is 0 Å². The molecule has 1 unspecified atom stereocenters. The third-order valence-corrected chi connectivity index (χ3v) is 3.68. The molecule has 0 bridgehead atoms. The second-order valence-corrected chi connectivity index (χ2v) is 5.05. The number of anilines is 2. The molecule has 1 aliphatic heterocycles. The number of carbonyl (C=O) groups is 1. The number of hydrogen-bond donors (Lipinski definition) is 3. The lowest BCUT2D eigenvalue weighted by molar-refractivity contribution is -0.137. The van der Waals surface area contributed by atoms with Gasteiger partial charge >= 0.3 is 5.97 Å². The number of carboxylic acid groups (broad SMARTS) is 1. The summed E-state index contributed by atoms with van der Waals surface area (Å²) in [5.74, 6) is -0.821. The van der Waals surface area contributed by atoms with E-state index in [0.717, 1.165) is 22.0 Å². The van der Waals surface area contributed by atoms with Crippen molar-refractivity contribution >= 4 is 28.1 Å². The van der Waals surface area contributed by atoms with Crippen LogP contribution in [0.4, 0.5) is 11.4 Å². The van der Waals surface area contributed by atoms with E-state index in [1.165, 1.54) is 0 Å². The van der Waals surface area contributed by atoms with Gasteiger partial charge in [0.2, 0.25) is 0 Å². The van der Waals surface area contributed by atoms with Crippen molar-refractivity contribution in [3.63, 3.8) is 0 Å². The second kappa shape index (κ2) is 4.68. The third kappa shape index (κ3) is 1.96. The first-order valence-electron chi connectivity index (χ1n) is 6.56. The molecule has 0 spiro atoms. The zero-order valence-electron chi connectivity index (χ0n) is 10.9. The highest BCUT2D eigenvalue weighted by Gasteiger charge is 2.29. The zero-order chi connectivity index (χ0) is 14.3. The van der Waals surface area contributed by atoms with Crippen LogP contribution in [0.15, 0.2) is 30.3 Å². The fraction of sp³-hybridized carbons (Fsp3) is 0.267. The van der Waals surface area contributed by atoms with Crippen LogP contribution in [-0.4, -0.2) is 22.7 Å². The highest BCUT2D eigenvalue weighted by atomic mass is 16.4. The average molecular weight is 272 g/mol. The van der Waals surface area contributed by atoms with Gasteiger partial charge in [-0.3, -0.25) is 4.79 Å². The third-order valence-electron chi connectivity index (χ3n) is 3.68. The van der Waals surface area contributed by atoms with Crippen molar-refractivity contribution in [3.8, 4) is 0 Å². The highest BCUT2D eigenvalue weighted by molar-refractivity contribution is 6.01. The number of nitrogens with zero attached hydrogens (tertiary/aromatic N) is 1. The Morgan fingerprint density at radius 3 is 2.90 bits per heavy atom. The van der Waals surface area contributed by atoms with Gasteiger partial charge in [0.25, 0.3) is 0 Å². The van der Waals surface area contributed by atoms with Crippen molar-refractivity contribution in [2.24, 2.45) is 0 Å². The predicted molar refractivity (Wildman–Crippen MR) is 77.5 cm³/mol. The highest BCUT2D eigenvalue weighted by Crippen LogP contribution is 2.43. The average Bonchev–Trinajstić information content (AvgIpc) is 2.65. The van der Waals surface area contributed by atoms with Gasteiger partial charge in [-0.05, 0) is 30.0 Å². The number of aliphatic hydroxyl groups excluding tert-OH is 1. The van der Waals surface area contributed by atoms with E-state index in [1.54, 1.807) is 6.07 Å². The van der Waals surface area contributed by atoms with Crippen LogP contribution in [0.5, 0.6) is 0 Å². The second-order valence-electron chi connectivity index (χ2n) is 5.05. The number of rotatable bonds is 4. The maximum atomic E-state index is 10.6. The van der Waals surface area contributed by atoms with Crippen LogP contribution in [0.2, 0.25) is 0 Å². The number of aliphatic hydroxyl groups is 1. The lowest BCUT2D eigenvalue weighted by Crippen LogP contribution is -2.26. The maximum absolute atomic E-state index is 10.6. The van der Waals surface area contributed by atoms with E-state index in [0.29, 0.717) is 18.7 Å². The van der Waals surface area contributed by atoms with Crippen molar-refractivity contribution in [2.45, 2.75) is 19.1 Å². The molecule has 3 rings (SSSR count). The van der Waals surface area contributed by atoms with Crippen LogP contribution in [0.3, 0.4) is 0 Å². The van der Waals surface area contributed by atoms with Gasteiger partial charge in [-0.1, -0.05) is 12.1 Å². The molecule has 5 nitrogen and oxygen atoms in total. The molecule has 20 heavy (non-hydrogen) atoms. The van der Waals surface area contributed by atoms with E-state index >= 15 is 0 Å². The van der Waals surface area contributed by atoms with Crippen LogP contribution >= 0.6 is 0 Å². The molecule has 0 saturated carbocycles. The van der Waals surface area contributed by atoms with Crippen LogP contribution in [-0.2, 0) is 4.79 Å². The number of nitrogens with two attached hydrogens (primary N) is 1. The molecule has 1 heterocycles. The van der Waals surface area contributed by atoms with Crippen LogP contribution in [0.1, 0.15) is 24.6 Å². The van der Waals surface area contributed by atoms with Gasteiger partial charge in [-0.2, -0.15) is 0 Å². The Hall–Kier alpha value is -2.27. The first-order valence-corrected chi connectivity index (χ1v) is 6.56. The molecule has 2 aromatic carbocycles. The van der Waals surface area contributed by atoms with Gasteiger partial charge in [0.15, 0.2) is 6.23 Å². The largest absolute Gasteiger partial charge is 0.481 e. The Balaban J connectivity index is 1.98. The van der Waals surface area contributed by atoms with E-state index in [2.05, 4.69) is 0 Å². The summed E-state index contributed by atoms with van der Waals surface area (Å²) in [6.45, 7) is 0.501. The summed E-state index contributed by atoms with van der Waals surface area (Å²) in [6, 6.07) is 9.50. The first-order chi connectivity index (χ1) is 9.58. The summed E-state index contributed by atoms with van der Waals surface area (Å²) in [6.07, 6.45) is -0.170. The monoisotopic (exact) mass is 272 g/mol. The van der Waals surface area contributed by atoms with Gasteiger partial charge in [-0.25, -0.2) is 0 Å². The number of benzene rings is 2. The van der Waals surface area contributed by atoms with Crippen LogP contribution in [0.25, 0.3) is 10.8 Å². The Labute approximate surface area is 116 Å². The summed E-state index contributed by atoms with van der Waals surface area (Å²) in [4.78, 5) is 12.4. The Bertz CT molecular complexity index is 684. The van der Waals surface area contributed by atoms with Crippen molar-refractivity contribution in [1.29, 1.82) is 0 Å². The lowest BCUT2D eigenvalue weighted by Gasteiger charge is -2.24. The summed E-state index contributed by atoms with van der Waals surface area (Å²) in [7, 11) is 0. The normalized spacial score (nSPS) is 16.9. The minimum Gasteiger partial charge on any atom is -0.481 e. The summed E-state index contributed by atoms with van der Waals surface area (Å²) >= 11 is 0. The maximum Gasteiger partial charge on any atom is 0.303 e. The number of carboxylic acids is 1. The Morgan fingerprint density at radius 2 is 2.15 bits per heavy atom. The molecule has 0 radical (unpaired) electrons. The molecule has 0 aliphatic carbocycles. The van der Waals surface area contributed by atoms with E-state index in [-0.39, 0.29) is 6.42 Å². The van der Waals surface area contributed by atoms with Crippen molar-refractivity contribution < 1.29 is 15.0 Å². The smallest absolute Gasteiger partial charge is 0.303 e. The fourth-order valence-electron chi connectivity index (χ4n) is 2.85. The minimum atomic E-state index is -0.821. The van der Waals surface area contributed by atoms with Crippen molar-refractivity contribution in [1.82, 2.24) is 0 Å². The molecule has 5 heteroatoms. The van der Waals surface area contributed by atoms with Crippen LogP contribution in [0, 0.1) is 0 Å². The zero-order valence-corrected chi connectivity index (χ0v) is 10.9. The van der Waals surface area contributed by atoms with E-state index in [9.17, 15) is 9.90 Å². The SMILES string of the molecule is Nc1cc2c3c(cccc3c1)N(CCCC(=O)O)C2O. The number of hydrogen-bond acceptors (Lipinski definition) is 4. The molecule has 0 aromatic heterocycles. The Kier molecular flexibility index (Phi) is 2.99. The molecule has 104 valence electrons. The molecule has 2 aromatic rings. The predicted octanol–water partition coefficient (Wildman–Crippen LogP) is 2.10. The molecular weight excluding hydrogens is 256 g/mol. The topological polar surface area (TPSA) is 86.8 Å². The molecule has 1 aliphatic rings. The summed E-state index contributed by atoms with van der Waals surface area (Å²) < 4.78 is 0. The molecule has 0 saturated heterocycles. The quantitative estimate of drug-likeness (QED) is 0.742. The summed E-state index contributed by atoms with van der Waals surface area (Å²) in [5.41, 5.74) is 8.22. The molecule has 1 atom stereocenters. The van der Waals surface area contributed by atoms with E-state index < -0.39 is 12.2 Å². The summed E-state index contributed by atoms with van der Waals surface area (Å²) in [5, 5.41) is 21.2. The van der Waals surface area contributed by atoms with Gasteiger partial charge < -0.3 is 20.8 Å². The minimum absolute atomic E-state index is 0.0949.